The van der Waals surface area contributed by atoms with Gasteiger partial charge in [-0.05, 0) is 118 Å². The lowest BCUT2D eigenvalue weighted by atomic mass is 9.96. The zero-order chi connectivity index (χ0) is 31.1. The van der Waals surface area contributed by atoms with Gasteiger partial charge in [-0.15, -0.1) is 0 Å². The summed E-state index contributed by atoms with van der Waals surface area (Å²) in [6, 6.07) is 27.4. The van der Waals surface area contributed by atoms with Gasteiger partial charge in [-0.25, -0.2) is 0 Å². The number of benzene rings is 3. The Kier molecular flexibility index (Phi) is 8.00. The maximum absolute atomic E-state index is 11.0. The molecule has 3 aromatic carbocycles. The van der Waals surface area contributed by atoms with E-state index in [0.717, 1.165) is 21.2 Å². The number of thiocarbonyl (C=S) groups is 1. The van der Waals surface area contributed by atoms with Gasteiger partial charge in [-0.2, -0.15) is 0 Å². The first-order valence-corrected chi connectivity index (χ1v) is 15.6. The van der Waals surface area contributed by atoms with Crippen molar-refractivity contribution in [2.45, 2.75) is 56.5 Å². The third-order valence-corrected chi connectivity index (χ3v) is 9.47. The van der Waals surface area contributed by atoms with Crippen molar-refractivity contribution in [3.05, 3.63) is 141 Å². The van der Waals surface area contributed by atoms with Crippen LogP contribution in [0.5, 0.6) is 0 Å². The highest BCUT2D eigenvalue weighted by atomic mass is 32.2. The zero-order valence-electron chi connectivity index (χ0n) is 25.2. The van der Waals surface area contributed by atoms with Crippen LogP contribution in [0.3, 0.4) is 0 Å². The number of pyridine rings is 1. The Morgan fingerprint density at radius 1 is 0.886 bits per heavy atom. The van der Waals surface area contributed by atoms with Crippen molar-refractivity contribution in [1.29, 1.82) is 0 Å². The van der Waals surface area contributed by atoms with E-state index in [1.807, 2.05) is 24.4 Å². The molecule has 6 rings (SSSR count). The third kappa shape index (κ3) is 5.49. The Bertz CT molecular complexity index is 1850. The molecule has 0 spiro atoms. The van der Waals surface area contributed by atoms with E-state index in [2.05, 4.69) is 91.9 Å². The first kappa shape index (κ1) is 29.6. The molecule has 0 aliphatic carbocycles. The van der Waals surface area contributed by atoms with Crippen molar-refractivity contribution in [2.75, 3.05) is 4.90 Å². The molecule has 44 heavy (non-hydrogen) atoms. The van der Waals surface area contributed by atoms with E-state index in [1.165, 1.54) is 51.5 Å². The van der Waals surface area contributed by atoms with Crippen molar-refractivity contribution in [1.82, 2.24) is 14.9 Å². The number of non-ortho nitro benzene ring substituents is 1. The van der Waals surface area contributed by atoms with Gasteiger partial charge in [0.2, 0.25) is 0 Å². The minimum atomic E-state index is -0.384. The topological polar surface area (TPSA) is 76.2 Å². The fourth-order valence-corrected chi connectivity index (χ4v) is 7.51. The molecule has 1 aliphatic heterocycles. The largest absolute Gasteiger partial charge is 0.351 e. The van der Waals surface area contributed by atoms with Gasteiger partial charge < -0.3 is 14.8 Å². The molecule has 3 heterocycles. The van der Waals surface area contributed by atoms with Gasteiger partial charge in [-0.3, -0.25) is 15.1 Å². The predicted octanol–water partition coefficient (Wildman–Crippen LogP) is 8.65. The van der Waals surface area contributed by atoms with Gasteiger partial charge in [0.05, 0.1) is 28.4 Å². The number of hydrogen-bond donors (Lipinski definition) is 1. The number of aryl methyl sites for hydroxylation is 4. The van der Waals surface area contributed by atoms with Crippen LogP contribution in [-0.2, 0) is 0 Å². The molecule has 1 fully saturated rings. The van der Waals surface area contributed by atoms with Gasteiger partial charge in [0.15, 0.2) is 5.11 Å². The van der Waals surface area contributed by atoms with E-state index in [9.17, 15) is 10.1 Å². The monoisotopic (exact) mass is 619 g/mol. The van der Waals surface area contributed by atoms with E-state index in [1.54, 1.807) is 23.9 Å². The molecular formula is C35H33N5O2S2. The maximum Gasteiger partial charge on any atom is 0.269 e. The predicted molar refractivity (Wildman–Crippen MR) is 181 cm³/mol. The maximum atomic E-state index is 11.0. The Hall–Kier alpha value is -4.47. The SMILES string of the molecule is Cc1cc(C)c(-n2c(C)cc([C@@H]3[C@H](c4ccccn4)NC(=S)N3c3ccc(Sc4ccc([N+](=O)[O-])cc4)cc3)c2C)c(C)c1. The van der Waals surface area contributed by atoms with Gasteiger partial charge in [-0.1, -0.05) is 35.5 Å². The number of aromatic nitrogens is 2. The molecule has 9 heteroatoms. The van der Waals surface area contributed by atoms with Crippen LogP contribution in [-0.4, -0.2) is 19.6 Å². The molecule has 2 atom stereocenters. The van der Waals surface area contributed by atoms with E-state index < -0.39 is 0 Å². The second kappa shape index (κ2) is 11.9. The average Bonchev–Trinajstić information content (AvgIpc) is 3.49. The van der Waals surface area contributed by atoms with Crippen molar-refractivity contribution >= 4 is 40.5 Å². The van der Waals surface area contributed by atoms with Crippen LogP contribution in [0.25, 0.3) is 5.69 Å². The van der Waals surface area contributed by atoms with Crippen LogP contribution in [0.1, 0.15) is 51.4 Å². The summed E-state index contributed by atoms with van der Waals surface area (Å²) < 4.78 is 2.37. The second-order valence-corrected chi connectivity index (χ2v) is 12.8. The fraction of sp³-hybridized carbons (Fsp3) is 0.200. The van der Waals surface area contributed by atoms with Gasteiger partial charge >= 0.3 is 0 Å². The van der Waals surface area contributed by atoms with Crippen LogP contribution in [0.15, 0.2) is 101 Å². The van der Waals surface area contributed by atoms with Crippen LogP contribution in [0.4, 0.5) is 11.4 Å². The van der Waals surface area contributed by atoms with E-state index in [-0.39, 0.29) is 22.7 Å². The number of anilines is 1. The minimum absolute atomic E-state index is 0.0836. The van der Waals surface area contributed by atoms with E-state index in [4.69, 9.17) is 17.2 Å². The molecule has 0 saturated carbocycles. The van der Waals surface area contributed by atoms with E-state index in [0.29, 0.717) is 5.11 Å². The summed E-state index contributed by atoms with van der Waals surface area (Å²) in [7, 11) is 0. The van der Waals surface area contributed by atoms with Gasteiger partial charge in [0.1, 0.15) is 0 Å². The number of nitrogens with zero attached hydrogens (tertiary/aromatic N) is 4. The van der Waals surface area contributed by atoms with Crippen molar-refractivity contribution < 1.29 is 4.92 Å². The summed E-state index contributed by atoms with van der Waals surface area (Å²) in [5, 5.41) is 15.3. The number of nitro benzene ring substituents is 1. The number of rotatable bonds is 7. The second-order valence-electron chi connectivity index (χ2n) is 11.3. The molecular weight excluding hydrogens is 587 g/mol. The van der Waals surface area contributed by atoms with Crippen molar-refractivity contribution in [3.63, 3.8) is 0 Å². The molecule has 1 N–H and O–H groups in total. The quantitative estimate of drug-likeness (QED) is 0.111. The smallest absolute Gasteiger partial charge is 0.269 e. The summed E-state index contributed by atoms with van der Waals surface area (Å²) in [6.45, 7) is 10.9. The highest BCUT2D eigenvalue weighted by Crippen LogP contribution is 2.44. The number of nitro groups is 1. The summed E-state index contributed by atoms with van der Waals surface area (Å²) in [5.41, 5.74) is 10.5. The molecule has 0 amide bonds. The highest BCUT2D eigenvalue weighted by molar-refractivity contribution is 7.99. The fourth-order valence-electron chi connectivity index (χ4n) is 6.35. The zero-order valence-corrected chi connectivity index (χ0v) is 26.9. The van der Waals surface area contributed by atoms with Crippen LogP contribution in [0, 0.1) is 44.7 Å². The Morgan fingerprint density at radius 2 is 1.52 bits per heavy atom. The van der Waals surface area contributed by atoms with Crippen molar-refractivity contribution in [3.8, 4) is 5.69 Å². The van der Waals surface area contributed by atoms with Gasteiger partial charge in [0.25, 0.3) is 5.69 Å². The minimum Gasteiger partial charge on any atom is -0.351 e. The summed E-state index contributed by atoms with van der Waals surface area (Å²) in [5.74, 6) is 0. The number of nitrogens with one attached hydrogen (secondary N) is 1. The Morgan fingerprint density at radius 3 is 2.11 bits per heavy atom. The molecule has 1 saturated heterocycles. The molecule has 222 valence electrons. The Labute approximate surface area is 267 Å². The summed E-state index contributed by atoms with van der Waals surface area (Å²) in [6.07, 6.45) is 1.83. The van der Waals surface area contributed by atoms with Crippen molar-refractivity contribution in [2.24, 2.45) is 0 Å². The Balaban J connectivity index is 1.40. The lowest BCUT2D eigenvalue weighted by Gasteiger charge is -2.28. The standard InChI is InChI=1S/C35H33N5O2S2/c1-21-18-22(2)33(23(3)19-21)38-24(4)20-30(25(38)5)34-32(31-8-6-7-17-36-31)37-35(43)39(34)26-9-13-28(14-10-26)44-29-15-11-27(12-16-29)40(41)42/h6-20,32,34H,1-5H3,(H,37,43)/t32-,34+/m0/s1. The lowest BCUT2D eigenvalue weighted by molar-refractivity contribution is -0.384. The highest BCUT2D eigenvalue weighted by Gasteiger charge is 2.42. The third-order valence-electron chi connectivity index (χ3n) is 8.14. The molecule has 5 aromatic rings. The lowest BCUT2D eigenvalue weighted by Crippen LogP contribution is -2.29. The molecule has 2 aromatic heterocycles. The normalized spacial score (nSPS) is 16.3. The molecule has 0 unspecified atom stereocenters. The summed E-state index contributed by atoms with van der Waals surface area (Å²) >= 11 is 7.56. The summed E-state index contributed by atoms with van der Waals surface area (Å²) in [4.78, 5) is 19.5. The van der Waals surface area contributed by atoms with Crippen LogP contribution >= 0.6 is 24.0 Å². The van der Waals surface area contributed by atoms with E-state index >= 15 is 0 Å². The molecule has 0 bridgehead atoms. The first-order chi connectivity index (χ1) is 21.1. The first-order valence-electron chi connectivity index (χ1n) is 14.4. The number of hydrogen-bond acceptors (Lipinski definition) is 5. The van der Waals surface area contributed by atoms with Crippen LogP contribution in [0.2, 0.25) is 0 Å². The average molecular weight is 620 g/mol. The molecule has 7 nitrogen and oxygen atoms in total. The van der Waals surface area contributed by atoms with Crippen LogP contribution < -0.4 is 10.2 Å². The molecule has 1 aliphatic rings. The van der Waals surface area contributed by atoms with Gasteiger partial charge in [0, 0.05) is 45.2 Å². The molecule has 0 radical (unpaired) electrons.